The molecule has 0 aliphatic carbocycles. The van der Waals surface area contributed by atoms with Crippen LogP contribution in [0.15, 0.2) is 28.4 Å². The summed E-state index contributed by atoms with van der Waals surface area (Å²) in [6, 6.07) is 0.379. The second-order valence-corrected chi connectivity index (χ2v) is 6.87. The number of nitrogens with one attached hydrogen (secondary N) is 2. The van der Waals surface area contributed by atoms with Gasteiger partial charge in [0.2, 0.25) is 0 Å². The molecule has 0 aromatic heterocycles. The molecule has 1 saturated heterocycles. The van der Waals surface area contributed by atoms with Crippen LogP contribution in [-0.2, 0) is 0 Å². The Hall–Kier alpha value is -0.560. The third kappa shape index (κ3) is 3.67. The van der Waals surface area contributed by atoms with E-state index in [4.69, 9.17) is 4.99 Å². The molecule has 0 aromatic carbocycles. The minimum absolute atomic E-state index is 0. The molecule has 4 nitrogen and oxygen atoms in total. The molecule has 2 heterocycles. The van der Waals surface area contributed by atoms with E-state index in [2.05, 4.69) is 64.4 Å². The van der Waals surface area contributed by atoms with E-state index in [9.17, 15) is 0 Å². The van der Waals surface area contributed by atoms with Gasteiger partial charge in [-0.05, 0) is 25.8 Å². The van der Waals surface area contributed by atoms with Crippen molar-refractivity contribution in [2.45, 2.75) is 46.6 Å². The van der Waals surface area contributed by atoms with Crippen LogP contribution < -0.4 is 34.3 Å². The number of allylic oxidation sites excluding steroid dienone is 3. The Morgan fingerprint density at radius 3 is 2.64 bits per heavy atom. The molecule has 5 heteroatoms. The fourth-order valence-electron chi connectivity index (χ4n) is 3.09. The van der Waals surface area contributed by atoms with Gasteiger partial charge >= 0.3 is 0 Å². The standard InChI is InChI=1S/C17H30N4.HI/c1-7-17(4)15-10-9-13(2)14(3)21(15)19-16(17)18-11-8-12-20(5)6;/h9-10,15H,7-8,11-12H2,1-6H3,(H,18,19);1H. The molecule has 0 radical (unpaired) electrons. The van der Waals surface area contributed by atoms with Gasteiger partial charge in [0.15, 0.2) is 0 Å². The van der Waals surface area contributed by atoms with E-state index in [0.717, 1.165) is 25.2 Å². The van der Waals surface area contributed by atoms with Gasteiger partial charge < -0.3 is 28.9 Å². The number of amidine groups is 1. The van der Waals surface area contributed by atoms with Crippen LogP contribution in [0.4, 0.5) is 0 Å². The molecular weight excluding hydrogens is 387 g/mol. The van der Waals surface area contributed by atoms with E-state index >= 15 is 0 Å². The van der Waals surface area contributed by atoms with Crippen molar-refractivity contribution < 1.29 is 28.9 Å². The minimum Gasteiger partial charge on any atom is -1.00 e. The predicted molar refractivity (Wildman–Crippen MR) is 89.3 cm³/mol. The van der Waals surface area contributed by atoms with Gasteiger partial charge in [0, 0.05) is 18.7 Å². The maximum absolute atomic E-state index is 4.90. The monoisotopic (exact) mass is 418 g/mol. The van der Waals surface area contributed by atoms with Crippen molar-refractivity contribution in [2.75, 3.05) is 27.2 Å². The molecule has 2 aliphatic rings. The lowest BCUT2D eigenvalue weighted by Gasteiger charge is -2.34. The van der Waals surface area contributed by atoms with E-state index in [1.165, 1.54) is 22.7 Å². The summed E-state index contributed by atoms with van der Waals surface area (Å²) in [5.41, 5.74) is 6.30. The molecule has 2 rings (SSSR count). The Bertz CT molecular complexity index is 481. The maximum atomic E-state index is 4.90. The number of hydrazine groups is 1. The van der Waals surface area contributed by atoms with E-state index in [-0.39, 0.29) is 29.4 Å². The smallest absolute Gasteiger partial charge is 0.123 e. The van der Waals surface area contributed by atoms with Crippen molar-refractivity contribution >= 4 is 5.84 Å². The van der Waals surface area contributed by atoms with Crippen molar-refractivity contribution in [3.63, 3.8) is 0 Å². The summed E-state index contributed by atoms with van der Waals surface area (Å²) >= 11 is 0. The van der Waals surface area contributed by atoms with Crippen molar-refractivity contribution in [1.29, 1.82) is 0 Å². The first-order valence-electron chi connectivity index (χ1n) is 8.15. The van der Waals surface area contributed by atoms with Crippen LogP contribution in [0.25, 0.3) is 0 Å². The van der Waals surface area contributed by atoms with E-state index in [1.54, 1.807) is 0 Å². The number of rotatable bonds is 5. The van der Waals surface area contributed by atoms with Crippen LogP contribution in [0.3, 0.4) is 0 Å². The number of quaternary nitrogens is 1. The van der Waals surface area contributed by atoms with Gasteiger partial charge in [0.05, 0.1) is 32.1 Å². The SMILES string of the molecule is CCC1(C)C(=NCCC[NH+](C)C)NN2C(C)=C(C)C=CC21.[I-]. The number of hydrogen-bond donors (Lipinski definition) is 2. The highest BCUT2D eigenvalue weighted by molar-refractivity contribution is 5.91. The Labute approximate surface area is 152 Å². The van der Waals surface area contributed by atoms with E-state index < -0.39 is 0 Å². The van der Waals surface area contributed by atoms with Gasteiger partial charge in [-0.25, -0.2) is 0 Å². The first kappa shape index (κ1) is 19.5. The Morgan fingerprint density at radius 1 is 1.36 bits per heavy atom. The quantitative estimate of drug-likeness (QED) is 0.416. The zero-order valence-electron chi connectivity index (χ0n) is 14.8. The summed E-state index contributed by atoms with van der Waals surface area (Å²) in [6.45, 7) is 11.0. The Kier molecular flexibility index (Phi) is 6.92. The first-order valence-corrected chi connectivity index (χ1v) is 8.15. The molecule has 2 unspecified atom stereocenters. The predicted octanol–water partition coefficient (Wildman–Crippen LogP) is -1.61. The second-order valence-electron chi connectivity index (χ2n) is 6.87. The van der Waals surface area contributed by atoms with Crippen molar-refractivity contribution in [3.05, 3.63) is 23.4 Å². The van der Waals surface area contributed by atoms with Gasteiger partial charge in [-0.2, -0.15) is 0 Å². The molecule has 0 spiro atoms. The summed E-state index contributed by atoms with van der Waals surface area (Å²) in [5, 5.41) is 2.30. The normalized spacial score (nSPS) is 29.0. The molecule has 0 aromatic rings. The lowest BCUT2D eigenvalue weighted by molar-refractivity contribution is -0.858. The van der Waals surface area contributed by atoms with E-state index in [1.807, 2.05) is 0 Å². The van der Waals surface area contributed by atoms with Crippen LogP contribution in [-0.4, -0.2) is 44.1 Å². The molecule has 2 atom stereocenters. The fourth-order valence-corrected chi connectivity index (χ4v) is 3.09. The Balaban J connectivity index is 0.00000242. The minimum atomic E-state index is 0. The molecule has 22 heavy (non-hydrogen) atoms. The molecule has 2 aliphatic heterocycles. The summed E-state index contributed by atoms with van der Waals surface area (Å²) in [7, 11) is 4.39. The lowest BCUT2D eigenvalue weighted by Crippen LogP contribution is -3.05. The van der Waals surface area contributed by atoms with E-state index in [0.29, 0.717) is 6.04 Å². The molecule has 0 saturated carbocycles. The average molecular weight is 418 g/mol. The zero-order chi connectivity index (χ0) is 15.6. The van der Waals surface area contributed by atoms with Crippen molar-refractivity contribution in [3.8, 4) is 0 Å². The summed E-state index contributed by atoms with van der Waals surface area (Å²) in [6.07, 6.45) is 6.81. The van der Waals surface area contributed by atoms with Crippen LogP contribution in [0.5, 0.6) is 0 Å². The molecular formula is C17H31IN4. The molecule has 2 N–H and O–H groups in total. The summed E-state index contributed by atoms with van der Waals surface area (Å²) in [4.78, 5) is 6.39. The second kappa shape index (κ2) is 7.81. The van der Waals surface area contributed by atoms with Crippen LogP contribution in [0.2, 0.25) is 0 Å². The average Bonchev–Trinajstić information content (AvgIpc) is 2.73. The summed E-state index contributed by atoms with van der Waals surface area (Å²) in [5.74, 6) is 1.16. The van der Waals surface area contributed by atoms with Gasteiger partial charge in [-0.3, -0.25) is 15.4 Å². The van der Waals surface area contributed by atoms with Gasteiger partial charge in [-0.15, -0.1) is 0 Å². The van der Waals surface area contributed by atoms with Gasteiger partial charge in [0.25, 0.3) is 0 Å². The van der Waals surface area contributed by atoms with Crippen LogP contribution >= 0.6 is 0 Å². The van der Waals surface area contributed by atoms with Crippen LogP contribution in [0.1, 0.15) is 40.5 Å². The molecule has 126 valence electrons. The number of fused-ring (bicyclic) bond motifs is 1. The zero-order valence-corrected chi connectivity index (χ0v) is 17.0. The van der Waals surface area contributed by atoms with Gasteiger partial charge in [-0.1, -0.05) is 26.0 Å². The largest absolute Gasteiger partial charge is 1.00 e. The fraction of sp³-hybridized carbons (Fsp3) is 0.706. The maximum Gasteiger partial charge on any atom is 0.123 e. The number of halogens is 1. The molecule has 0 amide bonds. The van der Waals surface area contributed by atoms with Crippen LogP contribution in [0, 0.1) is 5.41 Å². The van der Waals surface area contributed by atoms with Crippen molar-refractivity contribution in [2.24, 2.45) is 10.4 Å². The lowest BCUT2D eigenvalue weighted by atomic mass is 9.78. The van der Waals surface area contributed by atoms with Gasteiger partial charge in [0.1, 0.15) is 5.84 Å². The Morgan fingerprint density at radius 2 is 2.05 bits per heavy atom. The first-order chi connectivity index (χ1) is 9.90. The number of aliphatic imine (C=N–C) groups is 1. The summed E-state index contributed by atoms with van der Waals surface area (Å²) < 4.78 is 0. The number of hydrogen-bond acceptors (Lipinski definition) is 2. The topological polar surface area (TPSA) is 32.1 Å². The third-order valence-corrected chi connectivity index (χ3v) is 5.00. The molecule has 1 fully saturated rings. The molecule has 0 bridgehead atoms. The number of nitrogens with zero attached hydrogens (tertiary/aromatic N) is 2. The highest BCUT2D eigenvalue weighted by Gasteiger charge is 2.47. The van der Waals surface area contributed by atoms with Crippen molar-refractivity contribution in [1.82, 2.24) is 10.4 Å². The highest BCUT2D eigenvalue weighted by Crippen LogP contribution is 2.40. The third-order valence-electron chi connectivity index (χ3n) is 5.00. The highest BCUT2D eigenvalue weighted by atomic mass is 127.